The summed E-state index contributed by atoms with van der Waals surface area (Å²) in [5.74, 6) is -0.957. The van der Waals surface area contributed by atoms with Crippen molar-refractivity contribution in [3.8, 4) is 0 Å². The molecule has 0 spiro atoms. The standard InChI is InChI=1S/C10H17NO4/c1-7(2)11-10(14)15-6-4-5-8(3)9(12)13/h5,7H,4,6H2,1-3H3,(H,11,14)(H,12,13). The van der Waals surface area contributed by atoms with Crippen LogP contribution >= 0.6 is 0 Å². The first-order valence-corrected chi connectivity index (χ1v) is 4.76. The minimum Gasteiger partial charge on any atom is -0.478 e. The number of amides is 1. The highest BCUT2D eigenvalue weighted by atomic mass is 16.5. The Morgan fingerprint density at radius 2 is 2.07 bits per heavy atom. The number of hydrogen-bond donors (Lipinski definition) is 2. The van der Waals surface area contributed by atoms with Crippen LogP contribution in [-0.4, -0.2) is 29.8 Å². The Bertz CT molecular complexity index is 258. The smallest absolute Gasteiger partial charge is 0.407 e. The molecule has 0 fully saturated rings. The minimum absolute atomic E-state index is 0.0359. The average Bonchev–Trinajstić information content (AvgIpc) is 2.10. The molecular weight excluding hydrogens is 198 g/mol. The number of carboxylic acids is 1. The van der Waals surface area contributed by atoms with Crippen LogP contribution in [0.4, 0.5) is 4.79 Å². The summed E-state index contributed by atoms with van der Waals surface area (Å²) in [4.78, 5) is 21.3. The lowest BCUT2D eigenvalue weighted by molar-refractivity contribution is -0.132. The molecule has 0 aromatic carbocycles. The van der Waals surface area contributed by atoms with E-state index in [1.807, 2.05) is 13.8 Å². The topological polar surface area (TPSA) is 75.6 Å². The Kier molecular flexibility index (Phi) is 6.17. The Morgan fingerprint density at radius 1 is 1.47 bits per heavy atom. The molecular formula is C10H17NO4. The molecule has 0 aromatic rings. The van der Waals surface area contributed by atoms with Gasteiger partial charge in [-0.15, -0.1) is 0 Å². The van der Waals surface area contributed by atoms with Gasteiger partial charge < -0.3 is 15.2 Å². The molecule has 2 N–H and O–H groups in total. The number of nitrogens with one attached hydrogen (secondary N) is 1. The van der Waals surface area contributed by atoms with Crippen LogP contribution in [0.5, 0.6) is 0 Å². The van der Waals surface area contributed by atoms with Gasteiger partial charge in [0.2, 0.25) is 0 Å². The van der Waals surface area contributed by atoms with E-state index in [0.717, 1.165) is 0 Å². The number of alkyl carbamates (subject to hydrolysis) is 1. The lowest BCUT2D eigenvalue weighted by Gasteiger charge is -2.08. The third kappa shape index (κ3) is 7.54. The fourth-order valence-corrected chi connectivity index (χ4v) is 0.792. The third-order valence-corrected chi connectivity index (χ3v) is 1.55. The lowest BCUT2D eigenvalue weighted by atomic mass is 10.2. The summed E-state index contributed by atoms with van der Waals surface area (Å²) >= 11 is 0. The molecule has 0 radical (unpaired) electrons. The van der Waals surface area contributed by atoms with Crippen LogP contribution in [0.25, 0.3) is 0 Å². The van der Waals surface area contributed by atoms with Gasteiger partial charge in [0, 0.05) is 18.0 Å². The number of carbonyl (C=O) groups excluding carboxylic acids is 1. The molecule has 86 valence electrons. The summed E-state index contributed by atoms with van der Waals surface area (Å²) in [6.45, 7) is 5.34. The van der Waals surface area contributed by atoms with Crippen molar-refractivity contribution < 1.29 is 19.4 Å². The van der Waals surface area contributed by atoms with Crippen LogP contribution in [0.1, 0.15) is 27.2 Å². The van der Waals surface area contributed by atoms with Crippen molar-refractivity contribution in [1.29, 1.82) is 0 Å². The Morgan fingerprint density at radius 3 is 2.53 bits per heavy atom. The highest BCUT2D eigenvalue weighted by Gasteiger charge is 2.03. The predicted molar refractivity (Wildman–Crippen MR) is 55.6 cm³/mol. The number of carbonyl (C=O) groups is 2. The number of hydrogen-bond acceptors (Lipinski definition) is 3. The molecule has 0 aromatic heterocycles. The first-order valence-electron chi connectivity index (χ1n) is 4.76. The maximum atomic E-state index is 11.0. The molecule has 5 heteroatoms. The van der Waals surface area contributed by atoms with Gasteiger partial charge in [-0.3, -0.25) is 0 Å². The van der Waals surface area contributed by atoms with Crippen LogP contribution in [-0.2, 0) is 9.53 Å². The van der Waals surface area contributed by atoms with Crippen LogP contribution in [0, 0.1) is 0 Å². The SMILES string of the molecule is CC(=CCCOC(=O)NC(C)C)C(=O)O. The summed E-state index contributed by atoms with van der Waals surface area (Å²) < 4.78 is 4.80. The second kappa shape index (κ2) is 6.86. The first kappa shape index (κ1) is 13.5. The van der Waals surface area contributed by atoms with Gasteiger partial charge in [-0.25, -0.2) is 9.59 Å². The van der Waals surface area contributed by atoms with E-state index < -0.39 is 12.1 Å². The van der Waals surface area contributed by atoms with Crippen molar-refractivity contribution in [2.24, 2.45) is 0 Å². The van der Waals surface area contributed by atoms with Gasteiger partial charge in [-0.2, -0.15) is 0 Å². The van der Waals surface area contributed by atoms with Gasteiger partial charge in [-0.05, 0) is 20.8 Å². The zero-order chi connectivity index (χ0) is 11.8. The number of carboxylic acid groups (broad SMARTS) is 1. The number of rotatable bonds is 5. The van der Waals surface area contributed by atoms with E-state index in [1.165, 1.54) is 13.0 Å². The van der Waals surface area contributed by atoms with E-state index in [2.05, 4.69) is 5.32 Å². The molecule has 0 unspecified atom stereocenters. The van der Waals surface area contributed by atoms with Crippen LogP contribution in [0.15, 0.2) is 11.6 Å². The molecule has 1 amide bonds. The predicted octanol–water partition coefficient (Wildman–Crippen LogP) is 1.54. The van der Waals surface area contributed by atoms with Crippen LogP contribution in [0.3, 0.4) is 0 Å². The van der Waals surface area contributed by atoms with Gasteiger partial charge in [0.15, 0.2) is 0 Å². The molecule has 0 atom stereocenters. The highest BCUT2D eigenvalue weighted by molar-refractivity contribution is 5.85. The normalized spacial score (nSPS) is 11.3. The number of aliphatic carboxylic acids is 1. The molecule has 0 rings (SSSR count). The number of ether oxygens (including phenoxy) is 1. The third-order valence-electron chi connectivity index (χ3n) is 1.55. The van der Waals surface area contributed by atoms with E-state index in [4.69, 9.17) is 9.84 Å². The van der Waals surface area contributed by atoms with Gasteiger partial charge in [0.05, 0.1) is 6.61 Å². The summed E-state index contributed by atoms with van der Waals surface area (Å²) in [6.07, 6.45) is 1.45. The van der Waals surface area contributed by atoms with Gasteiger partial charge in [-0.1, -0.05) is 6.08 Å². The molecule has 5 nitrogen and oxygen atoms in total. The fraction of sp³-hybridized carbons (Fsp3) is 0.600. The van der Waals surface area contributed by atoms with Gasteiger partial charge >= 0.3 is 12.1 Å². The summed E-state index contributed by atoms with van der Waals surface area (Å²) in [5, 5.41) is 11.1. The maximum absolute atomic E-state index is 11.0. The quantitative estimate of drug-likeness (QED) is 0.538. The molecule has 0 saturated carbocycles. The summed E-state index contributed by atoms with van der Waals surface area (Å²) in [5.41, 5.74) is 0.253. The fourth-order valence-electron chi connectivity index (χ4n) is 0.792. The van der Waals surface area contributed by atoms with Crippen molar-refractivity contribution in [3.63, 3.8) is 0 Å². The summed E-state index contributed by atoms with van der Waals surface area (Å²) in [6, 6.07) is 0.0359. The molecule has 0 bridgehead atoms. The van der Waals surface area contributed by atoms with Crippen molar-refractivity contribution in [2.75, 3.05) is 6.61 Å². The second-order valence-corrected chi connectivity index (χ2v) is 3.42. The van der Waals surface area contributed by atoms with E-state index in [9.17, 15) is 9.59 Å². The second-order valence-electron chi connectivity index (χ2n) is 3.42. The average molecular weight is 215 g/mol. The molecule has 15 heavy (non-hydrogen) atoms. The first-order chi connectivity index (χ1) is 6.93. The highest BCUT2D eigenvalue weighted by Crippen LogP contribution is 1.96. The van der Waals surface area contributed by atoms with Crippen molar-refractivity contribution in [2.45, 2.75) is 33.2 Å². The Hall–Kier alpha value is -1.52. The zero-order valence-corrected chi connectivity index (χ0v) is 9.24. The van der Waals surface area contributed by atoms with E-state index in [-0.39, 0.29) is 18.2 Å². The van der Waals surface area contributed by atoms with E-state index in [0.29, 0.717) is 6.42 Å². The molecule has 0 heterocycles. The van der Waals surface area contributed by atoms with Crippen molar-refractivity contribution in [3.05, 3.63) is 11.6 Å². The van der Waals surface area contributed by atoms with Crippen molar-refractivity contribution >= 4 is 12.1 Å². The largest absolute Gasteiger partial charge is 0.478 e. The van der Waals surface area contributed by atoms with Crippen molar-refractivity contribution in [1.82, 2.24) is 5.32 Å². The molecule has 0 aliphatic carbocycles. The van der Waals surface area contributed by atoms with Gasteiger partial charge in [0.25, 0.3) is 0 Å². The molecule has 0 aliphatic heterocycles. The molecule has 0 saturated heterocycles. The monoisotopic (exact) mass is 215 g/mol. The van der Waals surface area contributed by atoms with Crippen LogP contribution in [0.2, 0.25) is 0 Å². The summed E-state index contributed by atoms with van der Waals surface area (Å²) in [7, 11) is 0. The zero-order valence-electron chi connectivity index (χ0n) is 9.24. The van der Waals surface area contributed by atoms with E-state index in [1.54, 1.807) is 0 Å². The van der Waals surface area contributed by atoms with Crippen LogP contribution < -0.4 is 5.32 Å². The lowest BCUT2D eigenvalue weighted by Crippen LogP contribution is -2.30. The Balaban J connectivity index is 3.67. The maximum Gasteiger partial charge on any atom is 0.407 e. The Labute approximate surface area is 89.1 Å². The molecule has 0 aliphatic rings. The van der Waals surface area contributed by atoms with E-state index >= 15 is 0 Å². The van der Waals surface area contributed by atoms with Gasteiger partial charge in [0.1, 0.15) is 0 Å². The minimum atomic E-state index is -0.957.